The Bertz CT molecular complexity index is 1180. The molecule has 0 radical (unpaired) electrons. The minimum atomic E-state index is -0.111. The van der Waals surface area contributed by atoms with Crippen LogP contribution in [0.15, 0.2) is 31.0 Å². The summed E-state index contributed by atoms with van der Waals surface area (Å²) in [4.78, 5) is 26.1. The van der Waals surface area contributed by atoms with Crippen LogP contribution in [0.1, 0.15) is 73.1 Å². The molecule has 4 aliphatic heterocycles. The normalized spacial score (nSPS) is 23.2. The summed E-state index contributed by atoms with van der Waals surface area (Å²) in [5.41, 5.74) is 5.46. The monoisotopic (exact) mass is 503 g/mol. The predicted molar refractivity (Wildman–Crippen MR) is 142 cm³/mol. The molecule has 37 heavy (non-hydrogen) atoms. The highest BCUT2D eigenvalue weighted by molar-refractivity contribution is 5.87. The van der Waals surface area contributed by atoms with Crippen LogP contribution in [0.2, 0.25) is 0 Å². The first-order chi connectivity index (χ1) is 18.0. The van der Waals surface area contributed by atoms with Gasteiger partial charge in [-0.1, -0.05) is 6.58 Å². The summed E-state index contributed by atoms with van der Waals surface area (Å²) in [6.45, 7) is 13.0. The van der Waals surface area contributed by atoms with E-state index in [2.05, 4.69) is 35.9 Å². The highest BCUT2D eigenvalue weighted by Gasteiger charge is 2.37. The summed E-state index contributed by atoms with van der Waals surface area (Å²) in [6.07, 6.45) is 7.33. The fraction of sp³-hybridized carbons (Fsp3) is 0.552. The molecule has 1 amide bonds. The molecule has 2 aromatic heterocycles. The quantitative estimate of drug-likeness (QED) is 0.618. The second-order valence-corrected chi connectivity index (χ2v) is 10.9. The van der Waals surface area contributed by atoms with Gasteiger partial charge in [-0.15, -0.1) is 0 Å². The molecule has 0 aliphatic carbocycles. The van der Waals surface area contributed by atoms with Gasteiger partial charge in [0, 0.05) is 68.8 Å². The van der Waals surface area contributed by atoms with Crippen molar-refractivity contribution in [2.75, 3.05) is 44.7 Å². The van der Waals surface area contributed by atoms with Crippen LogP contribution >= 0.6 is 0 Å². The molecule has 1 N–H and O–H groups in total. The Morgan fingerprint density at radius 1 is 1.16 bits per heavy atom. The van der Waals surface area contributed by atoms with Gasteiger partial charge < -0.3 is 19.7 Å². The average Bonchev–Trinajstić information content (AvgIpc) is 3.04. The summed E-state index contributed by atoms with van der Waals surface area (Å²) in [5, 5.41) is 3.63. The third-order valence-corrected chi connectivity index (χ3v) is 8.60. The number of carbonyl (C=O) groups excluding carboxylic acids is 1. The molecule has 0 aromatic carbocycles. The van der Waals surface area contributed by atoms with Crippen LogP contribution in [0.25, 0.3) is 0 Å². The summed E-state index contributed by atoms with van der Waals surface area (Å²) in [6, 6.07) is 4.86. The van der Waals surface area contributed by atoms with Crippen LogP contribution in [-0.2, 0) is 9.53 Å². The Morgan fingerprint density at radius 3 is 2.65 bits per heavy atom. The number of piperidine rings is 1. The number of amides is 1. The van der Waals surface area contributed by atoms with Crippen molar-refractivity contribution in [1.29, 1.82) is 0 Å². The lowest BCUT2D eigenvalue weighted by Crippen LogP contribution is -2.54. The Morgan fingerprint density at radius 2 is 1.92 bits per heavy atom. The van der Waals surface area contributed by atoms with Gasteiger partial charge in [-0.3, -0.25) is 14.7 Å². The predicted octanol–water partition coefficient (Wildman–Crippen LogP) is 4.45. The summed E-state index contributed by atoms with van der Waals surface area (Å²) < 4.78 is 12.1. The molecule has 6 rings (SSSR count). The lowest BCUT2D eigenvalue weighted by Gasteiger charge is -2.47. The zero-order chi connectivity index (χ0) is 25.5. The van der Waals surface area contributed by atoms with Crippen molar-refractivity contribution in [2.45, 2.75) is 63.5 Å². The Balaban J connectivity index is 1.18. The molecular weight excluding hydrogens is 466 g/mol. The van der Waals surface area contributed by atoms with E-state index in [4.69, 9.17) is 19.4 Å². The number of anilines is 2. The molecule has 3 fully saturated rings. The zero-order valence-corrected chi connectivity index (χ0v) is 21.9. The summed E-state index contributed by atoms with van der Waals surface area (Å²) >= 11 is 0. The van der Waals surface area contributed by atoms with Crippen LogP contribution in [0.3, 0.4) is 0 Å². The molecule has 8 nitrogen and oxygen atoms in total. The van der Waals surface area contributed by atoms with E-state index in [1.165, 1.54) is 11.6 Å². The number of hydrogen-bond donors (Lipinski definition) is 1. The maximum Gasteiger partial charge on any atom is 0.245 e. The third kappa shape index (κ3) is 4.61. The van der Waals surface area contributed by atoms with E-state index in [1.54, 1.807) is 0 Å². The molecule has 0 spiro atoms. The Kier molecular flexibility index (Phi) is 6.63. The van der Waals surface area contributed by atoms with E-state index >= 15 is 0 Å². The van der Waals surface area contributed by atoms with Crippen molar-refractivity contribution in [1.82, 2.24) is 19.8 Å². The average molecular weight is 504 g/mol. The van der Waals surface area contributed by atoms with E-state index in [0.29, 0.717) is 17.9 Å². The van der Waals surface area contributed by atoms with Crippen LogP contribution in [-0.4, -0.2) is 71.1 Å². The molecule has 196 valence electrons. The highest BCUT2D eigenvalue weighted by atomic mass is 16.5. The maximum absolute atomic E-state index is 11.9. The number of fused-ring (bicyclic) bond motifs is 2. The van der Waals surface area contributed by atoms with Gasteiger partial charge in [-0.05, 0) is 69.2 Å². The van der Waals surface area contributed by atoms with Gasteiger partial charge in [0.2, 0.25) is 5.91 Å². The second kappa shape index (κ2) is 10.1. The minimum absolute atomic E-state index is 0.0459. The molecule has 0 bridgehead atoms. The van der Waals surface area contributed by atoms with E-state index in [1.807, 2.05) is 18.0 Å². The molecule has 6 heterocycles. The molecule has 0 saturated carbocycles. The standard InChI is InChI=1S/C29H37N5O3/c1-4-26(35)33-11-6-22(7-12-33)34-16-21(17-34)24-15-25-28(18(2)31-24)37-19(3)27-23(5-10-30-29(27)32-25)20-8-13-36-14-9-20/h4-5,10,15,19-22H,1,6-9,11-14,16-17H2,2-3H3,(H,30,32)/t19-/m1/s1. The van der Waals surface area contributed by atoms with Gasteiger partial charge in [0.1, 0.15) is 11.9 Å². The number of aromatic nitrogens is 2. The second-order valence-electron chi connectivity index (χ2n) is 10.9. The number of aryl methyl sites for hydroxylation is 1. The summed E-state index contributed by atoms with van der Waals surface area (Å²) in [5.74, 6) is 2.63. The topological polar surface area (TPSA) is 79.8 Å². The molecule has 1 atom stereocenters. The first-order valence-corrected chi connectivity index (χ1v) is 13.7. The van der Waals surface area contributed by atoms with Gasteiger partial charge in [0.15, 0.2) is 5.75 Å². The molecule has 8 heteroatoms. The Hall–Kier alpha value is -2.97. The smallest absolute Gasteiger partial charge is 0.245 e. The molecule has 3 saturated heterocycles. The fourth-order valence-electron chi connectivity index (χ4n) is 6.46. The number of ether oxygens (including phenoxy) is 2. The van der Waals surface area contributed by atoms with E-state index < -0.39 is 0 Å². The van der Waals surface area contributed by atoms with E-state index in [0.717, 1.165) is 99.3 Å². The number of pyridine rings is 2. The first-order valence-electron chi connectivity index (χ1n) is 13.7. The van der Waals surface area contributed by atoms with Gasteiger partial charge in [-0.2, -0.15) is 0 Å². The van der Waals surface area contributed by atoms with Crippen molar-refractivity contribution in [3.63, 3.8) is 0 Å². The van der Waals surface area contributed by atoms with Crippen molar-refractivity contribution in [3.05, 3.63) is 53.5 Å². The number of carbonyl (C=O) groups is 1. The molecule has 2 aromatic rings. The van der Waals surface area contributed by atoms with Crippen LogP contribution in [0, 0.1) is 6.92 Å². The third-order valence-electron chi connectivity index (χ3n) is 8.60. The maximum atomic E-state index is 11.9. The van der Waals surface area contributed by atoms with Crippen molar-refractivity contribution < 1.29 is 14.3 Å². The molecular formula is C29H37N5O3. The molecule has 4 aliphatic rings. The van der Waals surface area contributed by atoms with Crippen molar-refractivity contribution in [3.8, 4) is 5.75 Å². The largest absolute Gasteiger partial charge is 0.482 e. The van der Waals surface area contributed by atoms with Crippen LogP contribution in [0.4, 0.5) is 11.5 Å². The number of likely N-dealkylation sites (tertiary alicyclic amines) is 2. The van der Waals surface area contributed by atoms with E-state index in [9.17, 15) is 4.79 Å². The highest BCUT2D eigenvalue weighted by Crippen LogP contribution is 2.44. The van der Waals surface area contributed by atoms with Gasteiger partial charge in [0.05, 0.1) is 11.4 Å². The van der Waals surface area contributed by atoms with Gasteiger partial charge in [0.25, 0.3) is 0 Å². The number of hydrogen-bond acceptors (Lipinski definition) is 7. The van der Waals surface area contributed by atoms with Crippen molar-refractivity contribution >= 4 is 17.4 Å². The van der Waals surface area contributed by atoms with E-state index in [-0.39, 0.29) is 12.0 Å². The number of nitrogens with zero attached hydrogens (tertiary/aromatic N) is 4. The fourth-order valence-corrected chi connectivity index (χ4v) is 6.46. The first kappa shape index (κ1) is 24.4. The lowest BCUT2D eigenvalue weighted by molar-refractivity contribution is -0.127. The molecule has 0 unspecified atom stereocenters. The number of rotatable bonds is 4. The minimum Gasteiger partial charge on any atom is -0.482 e. The SMILES string of the molecule is C=CC(=O)N1CCC(N2CC(c3cc4c(c(C)n3)O[C@H](C)c3c(C5CCOCC5)ccnc3N4)C2)CC1. The van der Waals surface area contributed by atoms with Gasteiger partial charge in [-0.25, -0.2) is 4.98 Å². The van der Waals surface area contributed by atoms with Gasteiger partial charge >= 0.3 is 0 Å². The van der Waals surface area contributed by atoms with Crippen LogP contribution in [0.5, 0.6) is 5.75 Å². The van der Waals surface area contributed by atoms with Crippen LogP contribution < -0.4 is 10.1 Å². The van der Waals surface area contributed by atoms with Crippen molar-refractivity contribution in [2.24, 2.45) is 0 Å². The lowest BCUT2D eigenvalue weighted by atomic mass is 9.87. The Labute approximate surface area is 219 Å². The summed E-state index contributed by atoms with van der Waals surface area (Å²) in [7, 11) is 0. The zero-order valence-electron chi connectivity index (χ0n) is 21.9. The number of nitrogens with one attached hydrogen (secondary N) is 1.